The number of Topliss-reactive ketones (excluding diaryl/α,β-unsaturated/α-hetero) is 2. The van der Waals surface area contributed by atoms with E-state index in [1.54, 1.807) is 6.92 Å². The van der Waals surface area contributed by atoms with Crippen LogP contribution in [0.4, 0.5) is 0 Å². The molecule has 1 aromatic carbocycles. The van der Waals surface area contributed by atoms with Gasteiger partial charge in [0, 0.05) is 11.5 Å². The molecule has 0 N–H and O–H groups in total. The molecule has 2 heteroatoms. The Hall–Kier alpha value is -1.44. The summed E-state index contributed by atoms with van der Waals surface area (Å²) >= 11 is 0. The molecule has 1 rings (SSSR count). The lowest BCUT2D eigenvalue weighted by Gasteiger charge is -2.23. The monoisotopic (exact) mass is 330 g/mol. The summed E-state index contributed by atoms with van der Waals surface area (Å²) < 4.78 is 0. The quantitative estimate of drug-likeness (QED) is 0.447. The van der Waals surface area contributed by atoms with Crippen molar-refractivity contribution in [1.82, 2.24) is 0 Å². The van der Waals surface area contributed by atoms with Crippen molar-refractivity contribution in [3.05, 3.63) is 34.4 Å². The van der Waals surface area contributed by atoms with Crippen molar-refractivity contribution < 1.29 is 9.59 Å². The third-order valence-corrected chi connectivity index (χ3v) is 4.78. The van der Waals surface area contributed by atoms with E-state index < -0.39 is 5.92 Å². The number of rotatable bonds is 7. The van der Waals surface area contributed by atoms with Gasteiger partial charge in [-0.25, -0.2) is 0 Å². The molecule has 0 saturated heterocycles. The third-order valence-electron chi connectivity index (χ3n) is 4.78. The van der Waals surface area contributed by atoms with Gasteiger partial charge in [0.15, 0.2) is 5.78 Å². The molecule has 0 spiro atoms. The second-order valence-corrected chi connectivity index (χ2v) is 8.18. The molecular formula is C22H34O2. The van der Waals surface area contributed by atoms with Crippen LogP contribution in [0.3, 0.4) is 0 Å². The van der Waals surface area contributed by atoms with Gasteiger partial charge in [0.1, 0.15) is 5.78 Å². The molecule has 0 amide bonds. The maximum atomic E-state index is 13.1. The molecule has 0 aliphatic rings. The van der Waals surface area contributed by atoms with Crippen LogP contribution in [0.2, 0.25) is 0 Å². The molecule has 2 nitrogen and oxygen atoms in total. The van der Waals surface area contributed by atoms with Crippen molar-refractivity contribution in [2.75, 3.05) is 0 Å². The maximum Gasteiger partial charge on any atom is 0.173 e. The van der Waals surface area contributed by atoms with Crippen molar-refractivity contribution >= 4 is 11.6 Å². The lowest BCUT2D eigenvalue weighted by molar-refractivity contribution is -0.123. The predicted molar refractivity (Wildman–Crippen MR) is 102 cm³/mol. The minimum absolute atomic E-state index is 0.0220. The van der Waals surface area contributed by atoms with Crippen molar-refractivity contribution in [3.8, 4) is 0 Å². The first-order chi connectivity index (χ1) is 11.0. The second kappa shape index (κ2) is 8.09. The van der Waals surface area contributed by atoms with Crippen LogP contribution in [0.25, 0.3) is 0 Å². The van der Waals surface area contributed by atoms with Crippen LogP contribution < -0.4 is 0 Å². The van der Waals surface area contributed by atoms with Gasteiger partial charge in [-0.05, 0) is 47.4 Å². The summed E-state index contributed by atoms with van der Waals surface area (Å²) in [6.45, 7) is 18.4. The summed E-state index contributed by atoms with van der Waals surface area (Å²) in [5, 5.41) is 0. The number of benzene rings is 1. The molecule has 0 aliphatic heterocycles. The van der Waals surface area contributed by atoms with E-state index in [4.69, 9.17) is 0 Å². The highest BCUT2D eigenvalue weighted by atomic mass is 16.2. The fourth-order valence-electron chi connectivity index (χ4n) is 3.20. The highest BCUT2D eigenvalue weighted by Gasteiger charge is 2.28. The fourth-order valence-corrected chi connectivity index (χ4v) is 3.20. The van der Waals surface area contributed by atoms with E-state index in [2.05, 4.69) is 53.7 Å². The smallest absolute Gasteiger partial charge is 0.173 e. The van der Waals surface area contributed by atoms with Gasteiger partial charge in [-0.2, -0.15) is 0 Å². The van der Waals surface area contributed by atoms with Gasteiger partial charge < -0.3 is 0 Å². The van der Waals surface area contributed by atoms with Crippen LogP contribution in [0.15, 0.2) is 12.1 Å². The van der Waals surface area contributed by atoms with Crippen molar-refractivity contribution in [2.45, 2.75) is 80.1 Å². The average molecular weight is 331 g/mol. The highest BCUT2D eigenvalue weighted by Crippen LogP contribution is 2.33. The molecule has 1 aromatic rings. The molecule has 0 aliphatic carbocycles. The summed E-state index contributed by atoms with van der Waals surface area (Å²) in [4.78, 5) is 25.4. The number of hydrogen-bond donors (Lipinski definition) is 0. The van der Waals surface area contributed by atoms with E-state index in [0.29, 0.717) is 11.8 Å². The van der Waals surface area contributed by atoms with Crippen LogP contribution in [-0.2, 0) is 4.79 Å². The first kappa shape index (κ1) is 20.6. The summed E-state index contributed by atoms with van der Waals surface area (Å²) in [7, 11) is 0. The molecule has 0 saturated carbocycles. The standard InChI is InChI=1S/C22H34O2/c1-12(2)17-10-19(14(5)6)20(11-18(17)13(3)4)22(24)16(9)21(23)15(7)8/h10-16H,1-9H3. The molecule has 0 fully saturated rings. The largest absolute Gasteiger partial charge is 0.299 e. The molecule has 134 valence electrons. The summed E-state index contributed by atoms with van der Waals surface area (Å²) in [6, 6.07) is 4.26. The first-order valence-electron chi connectivity index (χ1n) is 9.24. The van der Waals surface area contributed by atoms with Gasteiger partial charge in [-0.3, -0.25) is 9.59 Å². The lowest BCUT2D eigenvalue weighted by atomic mass is 9.80. The SMILES string of the molecule is CC(C)C(=O)C(C)C(=O)c1cc(C(C)C)c(C(C)C)cc1C(C)C. The van der Waals surface area contributed by atoms with Crippen LogP contribution in [0.1, 0.15) is 107 Å². The van der Waals surface area contributed by atoms with Crippen molar-refractivity contribution in [1.29, 1.82) is 0 Å². The lowest BCUT2D eigenvalue weighted by Crippen LogP contribution is -2.26. The molecule has 1 unspecified atom stereocenters. The van der Waals surface area contributed by atoms with E-state index >= 15 is 0 Å². The highest BCUT2D eigenvalue weighted by molar-refractivity contribution is 6.11. The zero-order valence-electron chi connectivity index (χ0n) is 16.9. The van der Waals surface area contributed by atoms with Crippen molar-refractivity contribution in [3.63, 3.8) is 0 Å². The minimum atomic E-state index is -0.576. The molecule has 0 bridgehead atoms. The zero-order chi connectivity index (χ0) is 18.8. The Morgan fingerprint density at radius 1 is 0.667 bits per heavy atom. The number of carbonyl (C=O) groups excluding carboxylic acids is 2. The normalized spacial score (nSPS) is 13.2. The Bertz CT molecular complexity index is 607. The van der Waals surface area contributed by atoms with Gasteiger partial charge in [-0.15, -0.1) is 0 Å². The molecule has 0 aromatic heterocycles. The molecule has 0 heterocycles. The number of carbonyl (C=O) groups is 2. The predicted octanol–water partition coefficient (Wildman–Crippen LogP) is 6.10. The van der Waals surface area contributed by atoms with Gasteiger partial charge in [0.25, 0.3) is 0 Å². The van der Waals surface area contributed by atoms with Crippen LogP contribution in [-0.4, -0.2) is 11.6 Å². The Labute approximate surface area is 148 Å². The molecule has 1 atom stereocenters. The van der Waals surface area contributed by atoms with Crippen LogP contribution >= 0.6 is 0 Å². The Morgan fingerprint density at radius 3 is 1.46 bits per heavy atom. The third kappa shape index (κ3) is 4.34. The summed E-state index contributed by atoms with van der Waals surface area (Å²) in [6.07, 6.45) is 0. The van der Waals surface area contributed by atoms with Crippen LogP contribution in [0, 0.1) is 11.8 Å². The van der Waals surface area contributed by atoms with Gasteiger partial charge in [0.05, 0.1) is 5.92 Å². The van der Waals surface area contributed by atoms with E-state index in [1.807, 2.05) is 13.8 Å². The topological polar surface area (TPSA) is 34.1 Å². The number of hydrogen-bond acceptors (Lipinski definition) is 2. The maximum absolute atomic E-state index is 13.1. The summed E-state index contributed by atoms with van der Waals surface area (Å²) in [5.74, 6) is 0.316. The van der Waals surface area contributed by atoms with Crippen LogP contribution in [0.5, 0.6) is 0 Å². The molecular weight excluding hydrogens is 296 g/mol. The van der Waals surface area contributed by atoms with Gasteiger partial charge >= 0.3 is 0 Å². The van der Waals surface area contributed by atoms with Crippen molar-refractivity contribution in [2.24, 2.45) is 11.8 Å². The Balaban J connectivity index is 3.53. The van der Waals surface area contributed by atoms with E-state index in [0.717, 1.165) is 11.1 Å². The fraction of sp³-hybridized carbons (Fsp3) is 0.636. The average Bonchev–Trinajstić information content (AvgIpc) is 2.50. The zero-order valence-corrected chi connectivity index (χ0v) is 16.9. The Morgan fingerprint density at radius 2 is 1.08 bits per heavy atom. The first-order valence-corrected chi connectivity index (χ1v) is 9.24. The Kier molecular flexibility index (Phi) is 6.95. The van der Waals surface area contributed by atoms with E-state index in [-0.39, 0.29) is 23.4 Å². The molecule has 24 heavy (non-hydrogen) atoms. The number of ketones is 2. The van der Waals surface area contributed by atoms with E-state index in [9.17, 15) is 9.59 Å². The summed E-state index contributed by atoms with van der Waals surface area (Å²) in [5.41, 5.74) is 4.34. The van der Waals surface area contributed by atoms with E-state index in [1.165, 1.54) is 11.1 Å². The molecule has 0 radical (unpaired) electrons. The second-order valence-electron chi connectivity index (χ2n) is 8.18. The van der Waals surface area contributed by atoms with Gasteiger partial charge in [-0.1, -0.05) is 61.5 Å². The van der Waals surface area contributed by atoms with Gasteiger partial charge in [0.2, 0.25) is 0 Å². The minimum Gasteiger partial charge on any atom is -0.299 e.